The van der Waals surface area contributed by atoms with E-state index in [1.165, 1.54) is 11.1 Å². The number of allylic oxidation sites excluding steroid dienone is 1. The third-order valence-corrected chi connectivity index (χ3v) is 5.34. The number of hydrogen-bond acceptors (Lipinski definition) is 2. The van der Waals surface area contributed by atoms with Crippen molar-refractivity contribution in [1.29, 1.82) is 0 Å². The summed E-state index contributed by atoms with van der Waals surface area (Å²) in [5, 5.41) is 0. The van der Waals surface area contributed by atoms with Crippen LogP contribution in [0.1, 0.15) is 23.6 Å². The molecule has 2 aliphatic rings. The average molecular weight is 350 g/mol. The molecule has 1 heterocycles. The van der Waals surface area contributed by atoms with Gasteiger partial charge in [0.1, 0.15) is 6.61 Å². The summed E-state index contributed by atoms with van der Waals surface area (Å²) in [6.45, 7) is 2.33. The van der Waals surface area contributed by atoms with Crippen LogP contribution in [0.2, 0.25) is 0 Å². The number of terminal acetylenes is 1. The zero-order valence-electron chi connectivity index (χ0n) is 15.0. The first-order valence-electron chi connectivity index (χ1n) is 9.02. The molecule has 130 valence electrons. The third-order valence-electron chi connectivity index (χ3n) is 5.34. The molecule has 0 saturated carbocycles. The Morgan fingerprint density at radius 2 is 1.52 bits per heavy atom. The summed E-state index contributed by atoms with van der Waals surface area (Å²) in [7, 11) is 0. The normalized spacial score (nSPS) is 15.0. The lowest BCUT2D eigenvalue weighted by atomic mass is 9.85. The van der Waals surface area contributed by atoms with Crippen LogP contribution in [-0.4, -0.2) is 6.61 Å². The summed E-state index contributed by atoms with van der Waals surface area (Å²) in [5.41, 5.74) is 6.28. The molecule has 3 aromatic carbocycles. The van der Waals surface area contributed by atoms with E-state index in [9.17, 15) is 0 Å². The van der Waals surface area contributed by atoms with E-state index >= 15 is 0 Å². The van der Waals surface area contributed by atoms with Gasteiger partial charge in [-0.05, 0) is 35.8 Å². The molecule has 0 fully saturated rings. The van der Waals surface area contributed by atoms with Crippen molar-refractivity contribution in [2.75, 3.05) is 6.61 Å². The van der Waals surface area contributed by atoms with Crippen LogP contribution in [0.15, 0.2) is 72.8 Å². The van der Waals surface area contributed by atoms with Crippen molar-refractivity contribution in [1.82, 2.24) is 0 Å². The quantitative estimate of drug-likeness (QED) is 0.575. The molecule has 1 aliphatic carbocycles. The number of benzene rings is 3. The van der Waals surface area contributed by atoms with Crippen molar-refractivity contribution in [3.63, 3.8) is 0 Å². The van der Waals surface area contributed by atoms with Gasteiger partial charge in [-0.2, -0.15) is 0 Å². The van der Waals surface area contributed by atoms with E-state index < -0.39 is 5.60 Å². The molecule has 2 nitrogen and oxygen atoms in total. The Kier molecular flexibility index (Phi) is 3.39. The lowest BCUT2D eigenvalue weighted by Gasteiger charge is -2.36. The van der Waals surface area contributed by atoms with Gasteiger partial charge in [0.15, 0.2) is 17.1 Å². The topological polar surface area (TPSA) is 18.5 Å². The van der Waals surface area contributed by atoms with Crippen LogP contribution in [0.3, 0.4) is 0 Å². The molecule has 27 heavy (non-hydrogen) atoms. The zero-order valence-corrected chi connectivity index (χ0v) is 15.0. The average Bonchev–Trinajstić information content (AvgIpc) is 2.97. The molecule has 1 aliphatic heterocycles. The van der Waals surface area contributed by atoms with Crippen molar-refractivity contribution in [3.05, 3.63) is 89.5 Å². The van der Waals surface area contributed by atoms with Crippen LogP contribution in [0, 0.1) is 12.3 Å². The molecule has 0 saturated heterocycles. The first kappa shape index (κ1) is 15.8. The molecule has 1 spiro atoms. The maximum absolute atomic E-state index is 6.76. The maximum Gasteiger partial charge on any atom is 0.179 e. The van der Waals surface area contributed by atoms with Gasteiger partial charge in [-0.25, -0.2) is 0 Å². The maximum atomic E-state index is 6.76. The molecular weight excluding hydrogens is 332 g/mol. The predicted octanol–water partition coefficient (Wildman–Crippen LogP) is 5.42. The van der Waals surface area contributed by atoms with Gasteiger partial charge in [0.25, 0.3) is 0 Å². The Labute approximate surface area is 159 Å². The van der Waals surface area contributed by atoms with Gasteiger partial charge in [0, 0.05) is 16.7 Å². The molecule has 0 aromatic heterocycles. The smallest absolute Gasteiger partial charge is 0.179 e. The molecule has 0 unspecified atom stereocenters. The standard InChI is InChI=1S/C25H18O2/c1-3-15-26-23-14-8-11-18-17(2)16-25(27-24(18)23)21-12-6-4-9-19(21)20-10-5-7-13-22(20)25/h1,4-14,16H,15H2,2H3. The number of fused-ring (bicyclic) bond motifs is 6. The number of para-hydroxylation sites is 1. The summed E-state index contributed by atoms with van der Waals surface area (Å²) in [6, 6.07) is 22.8. The second-order valence-corrected chi connectivity index (χ2v) is 6.88. The Hall–Kier alpha value is -3.44. The highest BCUT2D eigenvalue weighted by Crippen LogP contribution is 2.55. The summed E-state index contributed by atoms with van der Waals surface area (Å²) >= 11 is 0. The van der Waals surface area contributed by atoms with Crippen molar-refractivity contribution < 1.29 is 9.47 Å². The fourth-order valence-corrected chi connectivity index (χ4v) is 4.23. The number of rotatable bonds is 2. The second kappa shape index (κ2) is 5.79. The molecule has 0 atom stereocenters. The molecular formula is C25H18O2. The first-order chi connectivity index (χ1) is 13.2. The van der Waals surface area contributed by atoms with Crippen molar-refractivity contribution in [3.8, 4) is 35.0 Å². The Morgan fingerprint density at radius 3 is 2.19 bits per heavy atom. The van der Waals surface area contributed by atoms with Crippen LogP contribution < -0.4 is 9.47 Å². The minimum atomic E-state index is -0.653. The van der Waals surface area contributed by atoms with Crippen LogP contribution in [0.5, 0.6) is 11.5 Å². The van der Waals surface area contributed by atoms with E-state index in [-0.39, 0.29) is 6.61 Å². The lowest BCUT2D eigenvalue weighted by Crippen LogP contribution is -2.33. The van der Waals surface area contributed by atoms with Crippen LogP contribution in [0.4, 0.5) is 0 Å². The highest BCUT2D eigenvalue weighted by molar-refractivity contribution is 5.85. The fraction of sp³-hybridized carbons (Fsp3) is 0.120. The summed E-state index contributed by atoms with van der Waals surface area (Å²) in [4.78, 5) is 0. The van der Waals surface area contributed by atoms with Crippen LogP contribution >= 0.6 is 0 Å². The lowest BCUT2D eigenvalue weighted by molar-refractivity contribution is 0.156. The van der Waals surface area contributed by atoms with E-state index in [0.717, 1.165) is 28.0 Å². The van der Waals surface area contributed by atoms with Gasteiger partial charge in [-0.1, -0.05) is 66.6 Å². The zero-order chi connectivity index (χ0) is 18.4. The summed E-state index contributed by atoms with van der Waals surface area (Å²) in [5.74, 6) is 3.96. The highest BCUT2D eigenvalue weighted by atomic mass is 16.5. The Morgan fingerprint density at radius 1 is 0.889 bits per heavy atom. The van der Waals surface area contributed by atoms with Crippen molar-refractivity contribution >= 4 is 5.57 Å². The molecule has 0 N–H and O–H groups in total. The van der Waals surface area contributed by atoms with Crippen LogP contribution in [0.25, 0.3) is 16.7 Å². The third kappa shape index (κ3) is 2.15. The van der Waals surface area contributed by atoms with E-state index in [1.807, 2.05) is 12.1 Å². The Balaban J connectivity index is 1.77. The number of hydrogen-bond donors (Lipinski definition) is 0. The van der Waals surface area contributed by atoms with Gasteiger partial charge in [-0.3, -0.25) is 0 Å². The second-order valence-electron chi connectivity index (χ2n) is 6.88. The molecule has 0 amide bonds. The molecule has 5 rings (SSSR count). The summed E-state index contributed by atoms with van der Waals surface area (Å²) in [6.07, 6.45) is 7.62. The minimum Gasteiger partial charge on any atom is -0.477 e. The van der Waals surface area contributed by atoms with Crippen molar-refractivity contribution in [2.24, 2.45) is 0 Å². The van der Waals surface area contributed by atoms with Gasteiger partial charge < -0.3 is 9.47 Å². The highest BCUT2D eigenvalue weighted by Gasteiger charge is 2.46. The van der Waals surface area contributed by atoms with Gasteiger partial charge >= 0.3 is 0 Å². The minimum absolute atomic E-state index is 0.211. The van der Waals surface area contributed by atoms with Crippen LogP contribution in [-0.2, 0) is 5.60 Å². The SMILES string of the molecule is C#CCOc1cccc2c1OC1(C=C2C)c2ccccc2-c2ccccc21. The monoisotopic (exact) mass is 350 g/mol. The number of ether oxygens (including phenoxy) is 2. The first-order valence-corrected chi connectivity index (χ1v) is 9.02. The van der Waals surface area contributed by atoms with E-state index in [1.54, 1.807) is 0 Å². The molecule has 0 radical (unpaired) electrons. The van der Waals surface area contributed by atoms with E-state index in [0.29, 0.717) is 5.75 Å². The molecule has 2 heteroatoms. The predicted molar refractivity (Wildman–Crippen MR) is 108 cm³/mol. The van der Waals surface area contributed by atoms with Gasteiger partial charge in [-0.15, -0.1) is 6.42 Å². The van der Waals surface area contributed by atoms with Gasteiger partial charge in [0.05, 0.1) is 0 Å². The van der Waals surface area contributed by atoms with Crippen molar-refractivity contribution in [2.45, 2.75) is 12.5 Å². The molecule has 0 bridgehead atoms. The summed E-state index contributed by atoms with van der Waals surface area (Å²) < 4.78 is 12.6. The fourth-order valence-electron chi connectivity index (χ4n) is 4.23. The van der Waals surface area contributed by atoms with E-state index in [4.69, 9.17) is 15.9 Å². The van der Waals surface area contributed by atoms with Gasteiger partial charge in [0.2, 0.25) is 0 Å². The van der Waals surface area contributed by atoms with E-state index in [2.05, 4.69) is 73.5 Å². The molecule has 3 aromatic rings. The Bertz CT molecular complexity index is 1090. The largest absolute Gasteiger partial charge is 0.477 e.